The zero-order valence-corrected chi connectivity index (χ0v) is 5.62. The minimum absolute atomic E-state index is 0.00463. The van der Waals surface area contributed by atoms with Crippen LogP contribution in [0.3, 0.4) is 0 Å². The van der Waals surface area contributed by atoms with Gasteiger partial charge in [0.1, 0.15) is 0 Å². The molecule has 0 saturated carbocycles. The Bertz CT molecular complexity index is 121. The summed E-state index contributed by atoms with van der Waals surface area (Å²) >= 11 is 0. The van der Waals surface area contributed by atoms with Gasteiger partial charge in [-0.1, -0.05) is 6.08 Å². The van der Waals surface area contributed by atoms with E-state index in [1.807, 2.05) is 24.2 Å². The molecular formula is C6H13N3. The molecule has 1 aliphatic rings. The minimum atomic E-state index is -0.00463. The van der Waals surface area contributed by atoms with E-state index in [9.17, 15) is 0 Å². The van der Waals surface area contributed by atoms with Gasteiger partial charge >= 0.3 is 0 Å². The van der Waals surface area contributed by atoms with Crippen LogP contribution >= 0.6 is 0 Å². The average Bonchev–Trinajstić information content (AvgIpc) is 1.83. The van der Waals surface area contributed by atoms with Gasteiger partial charge in [-0.2, -0.15) is 0 Å². The third kappa shape index (κ3) is 1.23. The molecule has 0 aromatic heterocycles. The molecule has 9 heavy (non-hydrogen) atoms. The molecule has 0 aromatic rings. The fraction of sp³-hybridized carbons (Fsp3) is 0.667. The van der Waals surface area contributed by atoms with Crippen molar-refractivity contribution in [1.82, 2.24) is 4.90 Å². The summed E-state index contributed by atoms with van der Waals surface area (Å²) in [6, 6.07) is 0.0972. The van der Waals surface area contributed by atoms with E-state index in [1.165, 1.54) is 0 Å². The molecule has 2 atom stereocenters. The first-order chi connectivity index (χ1) is 4.22. The van der Waals surface area contributed by atoms with Crippen molar-refractivity contribution in [3.05, 3.63) is 12.3 Å². The highest BCUT2D eigenvalue weighted by Crippen LogP contribution is 2.06. The lowest BCUT2D eigenvalue weighted by atomic mass is 10.1. The first-order valence-corrected chi connectivity index (χ1v) is 3.11. The van der Waals surface area contributed by atoms with Crippen LogP contribution in [0.25, 0.3) is 0 Å². The molecule has 0 bridgehead atoms. The van der Waals surface area contributed by atoms with Crippen LogP contribution in [0.1, 0.15) is 6.42 Å². The Morgan fingerprint density at radius 3 is 2.67 bits per heavy atom. The van der Waals surface area contributed by atoms with Gasteiger partial charge in [-0.05, 0) is 12.6 Å². The van der Waals surface area contributed by atoms with Gasteiger partial charge in [-0.15, -0.1) is 0 Å². The molecule has 1 aliphatic heterocycles. The highest BCUT2D eigenvalue weighted by atomic mass is 15.2. The molecule has 2 unspecified atom stereocenters. The maximum absolute atomic E-state index is 5.67. The summed E-state index contributed by atoms with van der Waals surface area (Å²) in [6.07, 6.45) is 4.89. The maximum Gasteiger partial charge on any atom is 0.0919 e. The van der Waals surface area contributed by atoms with E-state index < -0.39 is 0 Å². The largest absolute Gasteiger partial charge is 0.364 e. The Kier molecular flexibility index (Phi) is 1.73. The smallest absolute Gasteiger partial charge is 0.0919 e. The fourth-order valence-electron chi connectivity index (χ4n) is 0.925. The molecule has 3 nitrogen and oxygen atoms in total. The Balaban J connectivity index is 2.58. The third-order valence-electron chi connectivity index (χ3n) is 1.66. The van der Waals surface area contributed by atoms with Crippen molar-refractivity contribution < 1.29 is 0 Å². The predicted octanol–water partition coefficient (Wildman–Crippen LogP) is -0.552. The standard InChI is InChI=1S/C6H13N3/c1-9-4-2-3-5(7)6(9)8/h2,4-6H,3,7-8H2,1H3. The van der Waals surface area contributed by atoms with Gasteiger partial charge in [0.25, 0.3) is 0 Å². The van der Waals surface area contributed by atoms with Crippen molar-refractivity contribution in [1.29, 1.82) is 0 Å². The molecule has 0 aromatic carbocycles. The molecule has 0 radical (unpaired) electrons. The van der Waals surface area contributed by atoms with Crippen LogP contribution < -0.4 is 11.5 Å². The SMILES string of the molecule is CN1C=CCC(N)C1N. The molecule has 0 fully saturated rings. The third-order valence-corrected chi connectivity index (χ3v) is 1.66. The molecule has 1 heterocycles. The van der Waals surface area contributed by atoms with Crippen LogP contribution in [0.2, 0.25) is 0 Å². The molecule has 1 rings (SSSR count). The molecule has 3 heteroatoms. The normalized spacial score (nSPS) is 35.2. The van der Waals surface area contributed by atoms with Crippen LogP contribution in [-0.4, -0.2) is 24.2 Å². The van der Waals surface area contributed by atoms with Crippen molar-refractivity contribution in [2.75, 3.05) is 7.05 Å². The van der Waals surface area contributed by atoms with E-state index in [0.29, 0.717) is 0 Å². The summed E-state index contributed by atoms with van der Waals surface area (Å²) in [4.78, 5) is 1.92. The van der Waals surface area contributed by atoms with E-state index in [2.05, 4.69) is 0 Å². The van der Waals surface area contributed by atoms with E-state index in [1.54, 1.807) is 0 Å². The van der Waals surface area contributed by atoms with Gasteiger partial charge in [0.15, 0.2) is 0 Å². The van der Waals surface area contributed by atoms with Crippen molar-refractivity contribution in [3.63, 3.8) is 0 Å². The van der Waals surface area contributed by atoms with Gasteiger partial charge in [0.05, 0.1) is 6.17 Å². The van der Waals surface area contributed by atoms with E-state index in [4.69, 9.17) is 11.5 Å². The molecular weight excluding hydrogens is 114 g/mol. The second-order valence-corrected chi connectivity index (χ2v) is 2.44. The van der Waals surface area contributed by atoms with Gasteiger partial charge in [-0.3, -0.25) is 0 Å². The summed E-state index contributed by atoms with van der Waals surface area (Å²) in [7, 11) is 1.93. The van der Waals surface area contributed by atoms with Gasteiger partial charge < -0.3 is 16.4 Å². The van der Waals surface area contributed by atoms with Crippen LogP contribution in [0.15, 0.2) is 12.3 Å². The van der Waals surface area contributed by atoms with E-state index >= 15 is 0 Å². The molecule has 0 amide bonds. The lowest BCUT2D eigenvalue weighted by Gasteiger charge is -2.31. The van der Waals surface area contributed by atoms with Crippen LogP contribution in [0.5, 0.6) is 0 Å². The first kappa shape index (κ1) is 6.58. The number of rotatable bonds is 0. The number of likely N-dealkylation sites (N-methyl/N-ethyl adjacent to an activating group) is 1. The quantitative estimate of drug-likeness (QED) is 0.459. The summed E-state index contributed by atoms with van der Waals surface area (Å²) in [5, 5.41) is 0. The van der Waals surface area contributed by atoms with E-state index in [-0.39, 0.29) is 12.2 Å². The van der Waals surface area contributed by atoms with Crippen molar-refractivity contribution in [3.8, 4) is 0 Å². The molecule has 52 valence electrons. The molecule has 4 N–H and O–H groups in total. The predicted molar refractivity (Wildman–Crippen MR) is 37.5 cm³/mol. The van der Waals surface area contributed by atoms with Gasteiger partial charge in [0.2, 0.25) is 0 Å². The molecule has 0 saturated heterocycles. The minimum Gasteiger partial charge on any atom is -0.364 e. The summed E-state index contributed by atoms with van der Waals surface area (Å²) in [5.74, 6) is 0. The molecule has 0 spiro atoms. The number of hydrogen-bond donors (Lipinski definition) is 2. The lowest BCUT2D eigenvalue weighted by Crippen LogP contribution is -2.51. The zero-order chi connectivity index (χ0) is 6.85. The summed E-state index contributed by atoms with van der Waals surface area (Å²) < 4.78 is 0. The Hall–Kier alpha value is -0.540. The number of nitrogens with two attached hydrogens (primary N) is 2. The summed E-state index contributed by atoms with van der Waals surface area (Å²) in [5.41, 5.74) is 11.3. The Labute approximate surface area is 55.3 Å². The van der Waals surface area contributed by atoms with Crippen LogP contribution in [0, 0.1) is 0 Å². The van der Waals surface area contributed by atoms with Crippen LogP contribution in [-0.2, 0) is 0 Å². The van der Waals surface area contributed by atoms with Gasteiger partial charge in [-0.25, -0.2) is 0 Å². The fourth-order valence-corrected chi connectivity index (χ4v) is 0.925. The van der Waals surface area contributed by atoms with Crippen molar-refractivity contribution in [2.45, 2.75) is 18.6 Å². The average molecular weight is 127 g/mol. The number of nitrogens with zero attached hydrogens (tertiary/aromatic N) is 1. The maximum atomic E-state index is 5.67. The number of hydrogen-bond acceptors (Lipinski definition) is 3. The summed E-state index contributed by atoms with van der Waals surface area (Å²) in [6.45, 7) is 0. The van der Waals surface area contributed by atoms with E-state index in [0.717, 1.165) is 6.42 Å². The highest BCUT2D eigenvalue weighted by molar-refractivity contribution is 4.96. The lowest BCUT2D eigenvalue weighted by molar-refractivity contribution is 0.273. The van der Waals surface area contributed by atoms with Crippen molar-refractivity contribution >= 4 is 0 Å². The second-order valence-electron chi connectivity index (χ2n) is 2.44. The van der Waals surface area contributed by atoms with Crippen molar-refractivity contribution in [2.24, 2.45) is 11.5 Å². The Morgan fingerprint density at radius 1 is 1.56 bits per heavy atom. The topological polar surface area (TPSA) is 55.3 Å². The van der Waals surface area contributed by atoms with Gasteiger partial charge in [0, 0.05) is 13.1 Å². The highest BCUT2D eigenvalue weighted by Gasteiger charge is 2.17. The Morgan fingerprint density at radius 2 is 2.22 bits per heavy atom. The molecule has 0 aliphatic carbocycles. The van der Waals surface area contributed by atoms with Crippen LogP contribution in [0.4, 0.5) is 0 Å². The first-order valence-electron chi connectivity index (χ1n) is 3.11. The monoisotopic (exact) mass is 127 g/mol. The zero-order valence-electron chi connectivity index (χ0n) is 5.62. The second kappa shape index (κ2) is 2.37.